The lowest BCUT2D eigenvalue weighted by Gasteiger charge is -2.27. The van der Waals surface area contributed by atoms with Crippen LogP contribution in [0.4, 0.5) is 0 Å². The van der Waals surface area contributed by atoms with Crippen molar-refractivity contribution in [3.05, 3.63) is 83.9 Å². The van der Waals surface area contributed by atoms with Crippen molar-refractivity contribution in [1.29, 1.82) is 0 Å². The summed E-state index contributed by atoms with van der Waals surface area (Å²) in [6, 6.07) is 20.6. The summed E-state index contributed by atoms with van der Waals surface area (Å²) < 4.78 is 27.6. The molecule has 2 aliphatic heterocycles. The molecule has 0 aromatic heterocycles. The van der Waals surface area contributed by atoms with Gasteiger partial charge in [0.1, 0.15) is 17.6 Å². The molecule has 4 aromatic rings. The summed E-state index contributed by atoms with van der Waals surface area (Å²) >= 11 is 6.73. The van der Waals surface area contributed by atoms with Crippen LogP contribution in [-0.2, 0) is 23.8 Å². The van der Waals surface area contributed by atoms with E-state index < -0.39 is 23.8 Å². The molecular weight excluding hydrogens is 814 g/mol. The second-order valence-corrected chi connectivity index (χ2v) is 14.5. The number of alkyl halides is 2. The lowest BCUT2D eigenvalue weighted by molar-refractivity contribution is -0.135. The molecule has 0 bridgehead atoms. The normalized spacial score (nSPS) is 18.9. The van der Waals surface area contributed by atoms with E-state index in [-0.39, 0.29) is 30.2 Å². The fraction of sp³-hybridized carbons (Fsp3) is 0.400. The molecule has 4 aromatic carbocycles. The summed E-state index contributed by atoms with van der Waals surface area (Å²) in [6.45, 7) is 0.722. The number of hydrogen-bond acceptors (Lipinski definition) is 10. The van der Waals surface area contributed by atoms with Crippen molar-refractivity contribution in [1.82, 2.24) is 0 Å². The van der Waals surface area contributed by atoms with Crippen LogP contribution < -0.4 is 15.2 Å². The predicted molar refractivity (Wildman–Crippen MR) is 207 cm³/mol. The highest BCUT2D eigenvalue weighted by atomic mass is 79.9. The molecule has 0 aliphatic carbocycles. The summed E-state index contributed by atoms with van der Waals surface area (Å²) in [5.41, 5.74) is 5.84. The Balaban J connectivity index is 0.000000217. The zero-order valence-electron chi connectivity index (χ0n) is 29.2. The largest absolute Gasteiger partial charge is 0.478 e. The van der Waals surface area contributed by atoms with Gasteiger partial charge in [-0.15, -0.1) is 0 Å². The summed E-state index contributed by atoms with van der Waals surface area (Å²) in [5.74, 6) is -0.935. The number of carboxylic acid groups (broad SMARTS) is 1. The minimum absolute atomic E-state index is 0.228. The fourth-order valence-corrected chi connectivity index (χ4v) is 6.91. The summed E-state index contributed by atoms with van der Waals surface area (Å²) in [4.78, 5) is 47.3. The Labute approximate surface area is 324 Å². The van der Waals surface area contributed by atoms with Gasteiger partial charge in [-0.1, -0.05) is 69.0 Å². The van der Waals surface area contributed by atoms with Gasteiger partial charge in [-0.25, -0.2) is 9.59 Å². The number of carbonyl (C=O) groups excluding carboxylic acids is 3. The van der Waals surface area contributed by atoms with Crippen LogP contribution in [0.1, 0.15) is 78.5 Å². The zero-order valence-corrected chi connectivity index (χ0v) is 32.4. The van der Waals surface area contributed by atoms with E-state index in [1.165, 1.54) is 6.07 Å². The van der Waals surface area contributed by atoms with Crippen molar-refractivity contribution in [2.24, 2.45) is 5.73 Å². The van der Waals surface area contributed by atoms with Crippen LogP contribution in [0, 0.1) is 0 Å². The molecule has 53 heavy (non-hydrogen) atoms. The third-order valence-electron chi connectivity index (χ3n) is 9.04. The first kappa shape index (κ1) is 40.3. The third-order valence-corrected chi connectivity index (χ3v) is 10.2. The maximum atomic E-state index is 12.7. The van der Waals surface area contributed by atoms with Crippen molar-refractivity contribution in [3.63, 3.8) is 0 Å². The number of ether oxygens (including phenoxy) is 5. The number of fused-ring (bicyclic) bond motifs is 3. The van der Waals surface area contributed by atoms with Gasteiger partial charge in [0, 0.05) is 29.9 Å². The van der Waals surface area contributed by atoms with E-state index in [9.17, 15) is 19.2 Å². The smallest absolute Gasteiger partial charge is 0.338 e. The molecule has 3 N–H and O–H groups in total. The Bertz CT molecular complexity index is 1920. The molecule has 2 heterocycles. The second kappa shape index (κ2) is 19.4. The number of hydrogen-bond donors (Lipinski definition) is 2. The summed E-state index contributed by atoms with van der Waals surface area (Å²) in [6.07, 6.45) is 6.33. The molecular formula is C40H43Br2NO10. The van der Waals surface area contributed by atoms with Gasteiger partial charge in [0.25, 0.3) is 0 Å². The number of esters is 3. The van der Waals surface area contributed by atoms with E-state index in [1.54, 1.807) is 60.7 Å². The standard InChI is InChI=1S/C23H26BrNO6.C17H17BrO4/c24-10-3-1-2-4-21(26)30-18-8-7-15-12-17(6-5-16(15)13-18)22(27)31-20-14-28-19-9-11-29-23(19,20)25;18-9-3-1-2-4-16(19)22-15-8-7-12-10-14(17(20)21)6-5-13(12)11-15/h5-8,12-13,19-20H,1-4,9-11,14,25H2;5-8,10-11H,1-4,9H2,(H,20,21)/t19-,20?,23+;/m1./s1. The molecule has 0 saturated carbocycles. The van der Waals surface area contributed by atoms with Crippen molar-refractivity contribution in [2.45, 2.75) is 75.7 Å². The molecule has 2 saturated heterocycles. The number of carbonyl (C=O) groups is 4. The van der Waals surface area contributed by atoms with E-state index in [2.05, 4.69) is 31.9 Å². The van der Waals surface area contributed by atoms with Crippen LogP contribution in [0.15, 0.2) is 72.8 Å². The van der Waals surface area contributed by atoms with Crippen molar-refractivity contribution in [3.8, 4) is 11.5 Å². The van der Waals surface area contributed by atoms with Crippen LogP contribution in [0.25, 0.3) is 21.5 Å². The monoisotopic (exact) mass is 855 g/mol. The van der Waals surface area contributed by atoms with Crippen molar-refractivity contribution < 1.29 is 48.0 Å². The number of unbranched alkanes of at least 4 members (excludes halogenated alkanes) is 4. The number of aromatic carboxylic acids is 1. The van der Waals surface area contributed by atoms with Gasteiger partial charge in [-0.05, 0) is 95.8 Å². The molecule has 6 rings (SSSR count). The highest BCUT2D eigenvalue weighted by Gasteiger charge is 2.55. The number of rotatable bonds is 15. The quantitative estimate of drug-likeness (QED) is 0.0515. The van der Waals surface area contributed by atoms with Crippen LogP contribution in [0.5, 0.6) is 11.5 Å². The van der Waals surface area contributed by atoms with Gasteiger partial charge in [-0.3, -0.25) is 15.3 Å². The van der Waals surface area contributed by atoms with Crippen molar-refractivity contribution in [2.75, 3.05) is 23.9 Å². The highest BCUT2D eigenvalue weighted by molar-refractivity contribution is 9.09. The molecule has 2 aliphatic rings. The maximum Gasteiger partial charge on any atom is 0.338 e. The Hall–Kier alpha value is -3.88. The number of halogens is 2. The van der Waals surface area contributed by atoms with Gasteiger partial charge in [-0.2, -0.15) is 0 Å². The third kappa shape index (κ3) is 11.1. The molecule has 2 fully saturated rings. The van der Waals surface area contributed by atoms with Gasteiger partial charge in [0.15, 0.2) is 11.8 Å². The number of carboxylic acids is 1. The second-order valence-electron chi connectivity index (χ2n) is 12.9. The summed E-state index contributed by atoms with van der Waals surface area (Å²) in [5, 5.41) is 14.2. The Morgan fingerprint density at radius 3 is 1.77 bits per heavy atom. The van der Waals surface area contributed by atoms with E-state index in [1.807, 2.05) is 6.07 Å². The predicted octanol–water partition coefficient (Wildman–Crippen LogP) is 8.10. The molecule has 13 heteroatoms. The fourth-order valence-electron chi connectivity index (χ4n) is 6.11. The topological polar surface area (TPSA) is 161 Å². The molecule has 3 atom stereocenters. The van der Waals surface area contributed by atoms with Gasteiger partial charge in [0.2, 0.25) is 0 Å². The van der Waals surface area contributed by atoms with E-state index >= 15 is 0 Å². The lowest BCUT2D eigenvalue weighted by Crippen LogP contribution is -2.55. The lowest BCUT2D eigenvalue weighted by atomic mass is 10.0. The van der Waals surface area contributed by atoms with Crippen LogP contribution in [-0.4, -0.2) is 70.8 Å². The van der Waals surface area contributed by atoms with Gasteiger partial charge >= 0.3 is 23.9 Å². The average Bonchev–Trinajstić information content (AvgIpc) is 3.68. The van der Waals surface area contributed by atoms with Crippen LogP contribution in [0.2, 0.25) is 0 Å². The first-order valence-electron chi connectivity index (χ1n) is 17.7. The first-order chi connectivity index (χ1) is 25.6. The maximum absolute atomic E-state index is 12.7. The van der Waals surface area contributed by atoms with E-state index in [0.29, 0.717) is 42.9 Å². The molecule has 1 unspecified atom stereocenters. The minimum Gasteiger partial charge on any atom is -0.478 e. The SMILES string of the molecule is N[C@]12OCC[C@H]1OCC2OC(=O)c1ccc2cc(OC(=O)CCCCCBr)ccc2c1.O=C(CCCCCBr)Oc1ccc2cc(C(=O)O)ccc2c1. The van der Waals surface area contributed by atoms with Gasteiger partial charge < -0.3 is 28.8 Å². The van der Waals surface area contributed by atoms with Crippen LogP contribution >= 0.6 is 31.9 Å². The van der Waals surface area contributed by atoms with E-state index in [0.717, 1.165) is 70.7 Å². The molecule has 0 radical (unpaired) electrons. The number of nitrogens with two attached hydrogens (primary N) is 1. The molecule has 11 nitrogen and oxygen atoms in total. The zero-order chi connectivity index (χ0) is 37.8. The Morgan fingerprint density at radius 1 is 0.717 bits per heavy atom. The molecule has 282 valence electrons. The Kier molecular flexibility index (Phi) is 14.8. The average molecular weight is 858 g/mol. The minimum atomic E-state index is -1.07. The first-order valence-corrected chi connectivity index (χ1v) is 19.9. The Morgan fingerprint density at radius 2 is 1.23 bits per heavy atom. The van der Waals surface area contributed by atoms with E-state index in [4.69, 9.17) is 34.5 Å². The van der Waals surface area contributed by atoms with Crippen molar-refractivity contribution >= 4 is 77.3 Å². The number of benzene rings is 4. The van der Waals surface area contributed by atoms with Gasteiger partial charge in [0.05, 0.1) is 24.3 Å². The summed E-state index contributed by atoms with van der Waals surface area (Å²) in [7, 11) is 0. The molecule has 0 spiro atoms. The molecule has 0 amide bonds. The van der Waals surface area contributed by atoms with Crippen LogP contribution in [0.3, 0.4) is 0 Å². The highest BCUT2D eigenvalue weighted by Crippen LogP contribution is 2.35.